The quantitative estimate of drug-likeness (QED) is 0.783. The average molecular weight is 393 g/mol. The van der Waals surface area contributed by atoms with E-state index in [0.29, 0.717) is 28.0 Å². The largest absolute Gasteiger partial charge is 0.479 e. The van der Waals surface area contributed by atoms with Crippen LogP contribution in [0.15, 0.2) is 48.5 Å². The molecule has 26 heavy (non-hydrogen) atoms. The van der Waals surface area contributed by atoms with Crippen LogP contribution in [0.4, 0.5) is 5.69 Å². The number of para-hydroxylation sites is 2. The Balaban J connectivity index is 1.81. The second kappa shape index (κ2) is 8.76. The van der Waals surface area contributed by atoms with Crippen LogP contribution in [0.1, 0.15) is 19.8 Å². The Morgan fingerprint density at radius 3 is 2.54 bits per heavy atom. The van der Waals surface area contributed by atoms with Crippen LogP contribution in [0.5, 0.6) is 5.75 Å². The fourth-order valence-corrected chi connectivity index (χ4v) is 3.53. The number of carbonyl (C=O) groups is 1. The van der Waals surface area contributed by atoms with Gasteiger partial charge in [0.15, 0.2) is 6.10 Å². The molecule has 0 saturated carbocycles. The fraction of sp³-hybridized carbons (Fsp3) is 0.350. The van der Waals surface area contributed by atoms with Crippen molar-refractivity contribution in [2.75, 3.05) is 18.0 Å². The zero-order valence-electron chi connectivity index (χ0n) is 14.6. The molecular formula is C20H22Cl2N2O2. The Morgan fingerprint density at radius 1 is 1.19 bits per heavy atom. The Kier molecular flexibility index (Phi) is 6.41. The number of nitrogens with zero attached hydrogens (tertiary/aromatic N) is 1. The molecule has 0 radical (unpaired) electrons. The van der Waals surface area contributed by atoms with Crippen LogP contribution in [-0.2, 0) is 4.79 Å². The zero-order chi connectivity index (χ0) is 18.5. The SMILES string of the molecule is CC(Oc1ccccc1Cl)C(=O)N(C[C@H]1CCCN1)c1ccccc1Cl. The smallest absolute Gasteiger partial charge is 0.267 e. The summed E-state index contributed by atoms with van der Waals surface area (Å²) in [5, 5.41) is 4.46. The number of rotatable bonds is 6. The van der Waals surface area contributed by atoms with E-state index in [9.17, 15) is 4.79 Å². The minimum Gasteiger partial charge on any atom is -0.479 e. The lowest BCUT2D eigenvalue weighted by Crippen LogP contribution is -2.46. The van der Waals surface area contributed by atoms with Crippen molar-refractivity contribution < 1.29 is 9.53 Å². The Labute approximate surface area is 164 Å². The lowest BCUT2D eigenvalue weighted by Gasteiger charge is -2.29. The molecule has 1 fully saturated rings. The van der Waals surface area contributed by atoms with Gasteiger partial charge in [-0.25, -0.2) is 0 Å². The van der Waals surface area contributed by atoms with Crippen LogP contribution in [0.3, 0.4) is 0 Å². The standard InChI is InChI=1S/C20H22Cl2N2O2/c1-14(26-19-11-5-3-9-17(19)22)20(25)24(13-15-7-6-12-23-15)18-10-4-2-8-16(18)21/h2-5,8-11,14-15,23H,6-7,12-13H2,1H3/t14?,15-/m1/s1. The highest BCUT2D eigenvalue weighted by molar-refractivity contribution is 6.34. The summed E-state index contributed by atoms with van der Waals surface area (Å²) < 4.78 is 5.83. The van der Waals surface area contributed by atoms with Gasteiger partial charge in [0.1, 0.15) is 5.75 Å². The summed E-state index contributed by atoms with van der Waals surface area (Å²) in [5.41, 5.74) is 0.697. The minimum atomic E-state index is -0.687. The second-order valence-corrected chi connectivity index (χ2v) is 7.20. The van der Waals surface area contributed by atoms with Gasteiger partial charge in [-0.2, -0.15) is 0 Å². The van der Waals surface area contributed by atoms with E-state index in [2.05, 4.69) is 5.32 Å². The van der Waals surface area contributed by atoms with Crippen molar-refractivity contribution in [2.24, 2.45) is 0 Å². The predicted octanol–water partition coefficient (Wildman–Crippen LogP) is 4.55. The summed E-state index contributed by atoms with van der Waals surface area (Å²) in [7, 11) is 0. The molecule has 138 valence electrons. The molecule has 1 unspecified atom stereocenters. The fourth-order valence-electron chi connectivity index (χ4n) is 3.11. The van der Waals surface area contributed by atoms with Crippen molar-refractivity contribution in [1.29, 1.82) is 0 Å². The topological polar surface area (TPSA) is 41.6 Å². The van der Waals surface area contributed by atoms with Crippen molar-refractivity contribution in [3.8, 4) is 5.75 Å². The number of ether oxygens (including phenoxy) is 1. The molecule has 2 atom stereocenters. The Bertz CT molecular complexity index is 763. The third-order valence-electron chi connectivity index (χ3n) is 4.46. The second-order valence-electron chi connectivity index (χ2n) is 6.38. The van der Waals surface area contributed by atoms with E-state index in [1.165, 1.54) is 0 Å². The van der Waals surface area contributed by atoms with E-state index in [4.69, 9.17) is 27.9 Å². The molecule has 1 heterocycles. The highest BCUT2D eigenvalue weighted by Crippen LogP contribution is 2.29. The van der Waals surface area contributed by atoms with E-state index in [0.717, 1.165) is 19.4 Å². The van der Waals surface area contributed by atoms with E-state index < -0.39 is 6.10 Å². The summed E-state index contributed by atoms with van der Waals surface area (Å²) in [5.74, 6) is 0.347. The molecule has 1 amide bonds. The highest BCUT2D eigenvalue weighted by atomic mass is 35.5. The van der Waals surface area contributed by atoms with Gasteiger partial charge in [0.05, 0.1) is 15.7 Å². The van der Waals surface area contributed by atoms with E-state index in [1.54, 1.807) is 30.0 Å². The molecule has 1 saturated heterocycles. The molecule has 0 bridgehead atoms. The predicted molar refractivity (Wildman–Crippen MR) is 106 cm³/mol. The lowest BCUT2D eigenvalue weighted by atomic mass is 10.1. The Morgan fingerprint density at radius 2 is 1.88 bits per heavy atom. The molecular weight excluding hydrogens is 371 g/mol. The van der Waals surface area contributed by atoms with Gasteiger partial charge in [0, 0.05) is 12.6 Å². The molecule has 0 spiro atoms. The van der Waals surface area contributed by atoms with Gasteiger partial charge in [-0.15, -0.1) is 0 Å². The molecule has 1 N–H and O–H groups in total. The first-order valence-corrected chi connectivity index (χ1v) is 9.52. The van der Waals surface area contributed by atoms with E-state index >= 15 is 0 Å². The number of anilines is 1. The summed E-state index contributed by atoms with van der Waals surface area (Å²) in [6.07, 6.45) is 1.46. The van der Waals surface area contributed by atoms with Crippen molar-refractivity contribution >= 4 is 34.8 Å². The molecule has 6 heteroatoms. The van der Waals surface area contributed by atoms with Crippen LogP contribution in [-0.4, -0.2) is 31.1 Å². The van der Waals surface area contributed by atoms with Crippen molar-refractivity contribution in [3.63, 3.8) is 0 Å². The summed E-state index contributed by atoms with van der Waals surface area (Å²) in [4.78, 5) is 14.9. The maximum atomic E-state index is 13.2. The van der Waals surface area contributed by atoms with Crippen LogP contribution in [0, 0.1) is 0 Å². The van der Waals surface area contributed by atoms with E-state index in [-0.39, 0.29) is 11.9 Å². The maximum absolute atomic E-state index is 13.2. The third-order valence-corrected chi connectivity index (χ3v) is 5.09. The van der Waals surface area contributed by atoms with Gasteiger partial charge in [-0.1, -0.05) is 47.5 Å². The molecule has 0 aromatic heterocycles. The minimum absolute atomic E-state index is 0.147. The van der Waals surface area contributed by atoms with Crippen LogP contribution in [0.25, 0.3) is 0 Å². The number of halogens is 2. The normalized spacial score (nSPS) is 17.7. The van der Waals surface area contributed by atoms with Gasteiger partial charge in [0.25, 0.3) is 5.91 Å². The summed E-state index contributed by atoms with van der Waals surface area (Å²) >= 11 is 12.5. The van der Waals surface area contributed by atoms with Crippen LogP contribution in [0.2, 0.25) is 10.0 Å². The molecule has 0 aliphatic carbocycles. The summed E-state index contributed by atoms with van der Waals surface area (Å²) in [6.45, 7) is 3.26. The molecule has 1 aliphatic rings. The van der Waals surface area contributed by atoms with E-state index in [1.807, 2.05) is 30.3 Å². The van der Waals surface area contributed by atoms with Gasteiger partial charge in [0.2, 0.25) is 0 Å². The molecule has 2 aromatic rings. The number of hydrogen-bond donors (Lipinski definition) is 1. The number of hydrogen-bond acceptors (Lipinski definition) is 3. The first-order valence-electron chi connectivity index (χ1n) is 8.76. The van der Waals surface area contributed by atoms with Crippen LogP contribution < -0.4 is 15.0 Å². The number of carbonyl (C=O) groups excluding carboxylic acids is 1. The van der Waals surface area contributed by atoms with Crippen molar-refractivity contribution in [2.45, 2.75) is 31.9 Å². The van der Waals surface area contributed by atoms with Crippen molar-refractivity contribution in [3.05, 3.63) is 58.6 Å². The van der Waals surface area contributed by atoms with Gasteiger partial charge in [-0.3, -0.25) is 4.79 Å². The van der Waals surface area contributed by atoms with Gasteiger partial charge in [-0.05, 0) is 50.6 Å². The maximum Gasteiger partial charge on any atom is 0.267 e. The molecule has 1 aliphatic heterocycles. The lowest BCUT2D eigenvalue weighted by molar-refractivity contribution is -0.124. The first-order chi connectivity index (χ1) is 12.6. The molecule has 2 aromatic carbocycles. The average Bonchev–Trinajstić information content (AvgIpc) is 3.15. The van der Waals surface area contributed by atoms with Gasteiger partial charge < -0.3 is 15.0 Å². The highest BCUT2D eigenvalue weighted by Gasteiger charge is 2.28. The Hall–Kier alpha value is -1.75. The monoisotopic (exact) mass is 392 g/mol. The third kappa shape index (κ3) is 4.50. The van der Waals surface area contributed by atoms with Crippen LogP contribution >= 0.6 is 23.2 Å². The first kappa shape index (κ1) is 19.0. The number of nitrogens with one attached hydrogen (secondary N) is 1. The molecule has 3 rings (SSSR count). The van der Waals surface area contributed by atoms with Gasteiger partial charge >= 0.3 is 0 Å². The number of amides is 1. The number of benzene rings is 2. The summed E-state index contributed by atoms with van der Waals surface area (Å²) in [6, 6.07) is 14.8. The van der Waals surface area contributed by atoms with Crippen molar-refractivity contribution in [1.82, 2.24) is 5.32 Å². The zero-order valence-corrected chi connectivity index (χ0v) is 16.1. The molecule has 4 nitrogen and oxygen atoms in total.